The molecule has 0 aliphatic carbocycles. The molecule has 0 heterocycles. The summed E-state index contributed by atoms with van der Waals surface area (Å²) >= 11 is 3.49. The van der Waals surface area contributed by atoms with Crippen LogP contribution in [0.1, 0.15) is 30.4 Å². The van der Waals surface area contributed by atoms with Crippen LogP contribution in [0.25, 0.3) is 0 Å². The quantitative estimate of drug-likeness (QED) is 0.852. The largest absolute Gasteiger partial charge is 0.508 e. The summed E-state index contributed by atoms with van der Waals surface area (Å²) in [5.41, 5.74) is 2.64. The minimum atomic E-state index is 0.331. The van der Waals surface area contributed by atoms with Gasteiger partial charge in [-0.2, -0.15) is 0 Å². The molecule has 2 aromatic carbocycles. The van der Waals surface area contributed by atoms with Crippen LogP contribution < -0.4 is 0 Å². The van der Waals surface area contributed by atoms with Gasteiger partial charge in [-0.15, -0.1) is 0 Å². The maximum absolute atomic E-state index is 9.27. The Kier molecular flexibility index (Phi) is 4.43. The fourth-order valence-corrected chi connectivity index (χ4v) is 2.49. The van der Waals surface area contributed by atoms with Crippen LogP contribution in [0, 0.1) is 0 Å². The van der Waals surface area contributed by atoms with Crippen LogP contribution >= 0.6 is 15.9 Å². The lowest BCUT2D eigenvalue weighted by atomic mass is 9.94. The van der Waals surface area contributed by atoms with Crippen LogP contribution in [0.2, 0.25) is 0 Å². The van der Waals surface area contributed by atoms with Gasteiger partial charge >= 0.3 is 0 Å². The Morgan fingerprint density at radius 1 is 1.11 bits per heavy atom. The van der Waals surface area contributed by atoms with E-state index in [1.54, 1.807) is 12.1 Å². The summed E-state index contributed by atoms with van der Waals surface area (Å²) in [6.45, 7) is 2.23. The zero-order chi connectivity index (χ0) is 13.0. The topological polar surface area (TPSA) is 20.2 Å². The van der Waals surface area contributed by atoms with E-state index in [4.69, 9.17) is 0 Å². The molecule has 0 aromatic heterocycles. The molecule has 94 valence electrons. The number of phenols is 1. The minimum absolute atomic E-state index is 0.331. The highest BCUT2D eigenvalue weighted by molar-refractivity contribution is 9.10. The predicted octanol–water partition coefficient (Wildman–Crippen LogP) is 4.89. The second-order valence-electron chi connectivity index (χ2n) is 4.66. The molecule has 0 amide bonds. The van der Waals surface area contributed by atoms with Crippen molar-refractivity contribution < 1.29 is 5.11 Å². The van der Waals surface area contributed by atoms with E-state index >= 15 is 0 Å². The van der Waals surface area contributed by atoms with Gasteiger partial charge in [0.15, 0.2) is 0 Å². The summed E-state index contributed by atoms with van der Waals surface area (Å²) in [6, 6.07) is 16.0. The second-order valence-corrected chi connectivity index (χ2v) is 5.58. The molecule has 0 saturated heterocycles. The number of aryl methyl sites for hydroxylation is 1. The van der Waals surface area contributed by atoms with Gasteiger partial charge in [0.1, 0.15) is 5.75 Å². The lowest BCUT2D eigenvalue weighted by molar-refractivity contribution is 0.475. The zero-order valence-corrected chi connectivity index (χ0v) is 12.0. The van der Waals surface area contributed by atoms with Gasteiger partial charge < -0.3 is 5.11 Å². The smallest absolute Gasteiger partial charge is 0.115 e. The van der Waals surface area contributed by atoms with E-state index in [-0.39, 0.29) is 0 Å². The molecule has 0 spiro atoms. The van der Waals surface area contributed by atoms with E-state index in [9.17, 15) is 5.11 Å². The summed E-state index contributed by atoms with van der Waals surface area (Å²) in [5.74, 6) is 0.836. The molecule has 0 aliphatic rings. The molecule has 1 atom stereocenters. The Hall–Kier alpha value is -1.28. The third-order valence-electron chi connectivity index (χ3n) is 3.22. The van der Waals surface area contributed by atoms with Crippen molar-refractivity contribution in [2.45, 2.75) is 25.7 Å². The van der Waals surface area contributed by atoms with Crippen molar-refractivity contribution in [2.75, 3.05) is 0 Å². The number of phenolic OH excluding ortho intramolecular Hbond substituents is 1. The highest BCUT2D eigenvalue weighted by Gasteiger charge is 2.06. The first-order valence-corrected chi connectivity index (χ1v) is 6.98. The van der Waals surface area contributed by atoms with Crippen molar-refractivity contribution in [1.82, 2.24) is 0 Å². The summed E-state index contributed by atoms with van der Waals surface area (Å²) in [5, 5.41) is 9.27. The van der Waals surface area contributed by atoms with Crippen molar-refractivity contribution in [3.8, 4) is 5.75 Å². The van der Waals surface area contributed by atoms with Crippen LogP contribution in [-0.4, -0.2) is 5.11 Å². The van der Waals surface area contributed by atoms with Crippen LogP contribution in [0.4, 0.5) is 0 Å². The molecule has 0 aliphatic heterocycles. The van der Waals surface area contributed by atoms with E-state index < -0.39 is 0 Å². The Morgan fingerprint density at radius 3 is 2.50 bits per heavy atom. The monoisotopic (exact) mass is 304 g/mol. The molecule has 0 fully saturated rings. The molecular formula is C16H17BrO. The lowest BCUT2D eigenvalue weighted by Gasteiger charge is -2.12. The third-order valence-corrected chi connectivity index (χ3v) is 3.71. The van der Waals surface area contributed by atoms with Crippen LogP contribution in [0.5, 0.6) is 5.75 Å². The first-order chi connectivity index (χ1) is 8.65. The van der Waals surface area contributed by atoms with Gasteiger partial charge in [0.2, 0.25) is 0 Å². The summed E-state index contributed by atoms with van der Waals surface area (Å²) in [7, 11) is 0. The minimum Gasteiger partial charge on any atom is -0.508 e. The Balaban J connectivity index is 1.96. The molecule has 0 bridgehead atoms. The molecule has 2 heteroatoms. The van der Waals surface area contributed by atoms with E-state index in [0.29, 0.717) is 11.7 Å². The van der Waals surface area contributed by atoms with Crippen LogP contribution in [0.3, 0.4) is 0 Å². The molecule has 2 rings (SSSR count). The molecule has 1 N–H and O–H groups in total. The van der Waals surface area contributed by atoms with E-state index in [1.807, 2.05) is 18.2 Å². The average Bonchev–Trinajstić information content (AvgIpc) is 2.37. The first kappa shape index (κ1) is 13.2. The van der Waals surface area contributed by atoms with Gasteiger partial charge in [-0.05, 0) is 54.2 Å². The van der Waals surface area contributed by atoms with Crippen molar-refractivity contribution in [3.63, 3.8) is 0 Å². The van der Waals surface area contributed by atoms with Gasteiger partial charge in [0.25, 0.3) is 0 Å². The highest BCUT2D eigenvalue weighted by atomic mass is 79.9. The van der Waals surface area contributed by atoms with Crippen LogP contribution in [-0.2, 0) is 6.42 Å². The lowest BCUT2D eigenvalue weighted by Crippen LogP contribution is -1.96. The summed E-state index contributed by atoms with van der Waals surface area (Å²) in [4.78, 5) is 0. The predicted molar refractivity (Wildman–Crippen MR) is 79.0 cm³/mol. The number of halogens is 1. The summed E-state index contributed by atoms with van der Waals surface area (Å²) in [6.07, 6.45) is 2.18. The zero-order valence-electron chi connectivity index (χ0n) is 10.4. The maximum Gasteiger partial charge on any atom is 0.115 e. The summed E-state index contributed by atoms with van der Waals surface area (Å²) < 4.78 is 1.14. The molecule has 0 radical (unpaired) electrons. The Morgan fingerprint density at radius 2 is 1.83 bits per heavy atom. The van der Waals surface area contributed by atoms with E-state index in [1.165, 1.54) is 11.1 Å². The number of aromatic hydroxyl groups is 1. The van der Waals surface area contributed by atoms with Crippen molar-refractivity contribution in [3.05, 3.63) is 64.1 Å². The van der Waals surface area contributed by atoms with Gasteiger partial charge in [-0.3, -0.25) is 0 Å². The highest BCUT2D eigenvalue weighted by Crippen LogP contribution is 2.23. The van der Waals surface area contributed by atoms with Gasteiger partial charge in [-0.25, -0.2) is 0 Å². The van der Waals surface area contributed by atoms with E-state index in [0.717, 1.165) is 17.3 Å². The van der Waals surface area contributed by atoms with Crippen molar-refractivity contribution in [2.24, 2.45) is 0 Å². The van der Waals surface area contributed by atoms with Gasteiger partial charge in [0, 0.05) is 4.47 Å². The van der Waals surface area contributed by atoms with Crippen molar-refractivity contribution in [1.29, 1.82) is 0 Å². The third kappa shape index (κ3) is 3.61. The Bertz CT molecular complexity index is 505. The standard InChI is InChI=1S/C16H17BrO/c1-12(14-7-9-16(18)10-8-14)5-6-13-3-2-4-15(17)11-13/h2-4,7-12,18H,5-6H2,1H3. The number of rotatable bonds is 4. The molecular weight excluding hydrogens is 288 g/mol. The second kappa shape index (κ2) is 6.05. The normalized spacial score (nSPS) is 12.3. The maximum atomic E-state index is 9.27. The number of benzene rings is 2. The number of hydrogen-bond acceptors (Lipinski definition) is 1. The molecule has 2 aromatic rings. The van der Waals surface area contributed by atoms with Gasteiger partial charge in [0.05, 0.1) is 0 Å². The fourth-order valence-electron chi connectivity index (χ4n) is 2.05. The van der Waals surface area contributed by atoms with E-state index in [2.05, 4.69) is 41.1 Å². The Labute approximate surface area is 117 Å². The molecule has 0 saturated carbocycles. The van der Waals surface area contributed by atoms with Crippen molar-refractivity contribution >= 4 is 15.9 Å². The number of hydrogen-bond donors (Lipinski definition) is 1. The molecule has 1 nitrogen and oxygen atoms in total. The van der Waals surface area contributed by atoms with Gasteiger partial charge in [-0.1, -0.05) is 47.1 Å². The fraction of sp³-hybridized carbons (Fsp3) is 0.250. The average molecular weight is 305 g/mol. The first-order valence-electron chi connectivity index (χ1n) is 6.18. The SMILES string of the molecule is CC(CCc1cccc(Br)c1)c1ccc(O)cc1. The molecule has 1 unspecified atom stereocenters. The van der Waals surface area contributed by atoms with Crippen LogP contribution in [0.15, 0.2) is 53.0 Å². The molecule has 18 heavy (non-hydrogen) atoms.